The van der Waals surface area contributed by atoms with E-state index in [9.17, 15) is 9.59 Å². The molecular formula is C19H21ClN2O4. The molecular weight excluding hydrogens is 356 g/mol. The third-order valence-corrected chi connectivity index (χ3v) is 4.00. The first kappa shape index (κ1) is 19.6. The summed E-state index contributed by atoms with van der Waals surface area (Å²) in [6.45, 7) is 1.71. The highest BCUT2D eigenvalue weighted by atomic mass is 35.5. The molecule has 7 heteroatoms. The number of carbonyl (C=O) groups excluding carboxylic acids is 2. The van der Waals surface area contributed by atoms with Gasteiger partial charge in [-0.1, -0.05) is 11.6 Å². The van der Waals surface area contributed by atoms with E-state index in [0.717, 1.165) is 0 Å². The van der Waals surface area contributed by atoms with Gasteiger partial charge < -0.3 is 19.7 Å². The highest BCUT2D eigenvalue weighted by molar-refractivity contribution is 6.31. The standard InChI is InChI=1S/C19H21ClN2O4/c1-13(23)22(15-5-7-16(25-2)8-6-15)11-10-19(24)21-17-12-14(20)4-9-18(17)26-3/h4-9,12H,10-11H2,1-3H3,(H,21,24). The third-order valence-electron chi connectivity index (χ3n) is 3.76. The lowest BCUT2D eigenvalue weighted by Gasteiger charge is -2.21. The van der Waals surface area contributed by atoms with E-state index < -0.39 is 0 Å². The SMILES string of the molecule is COc1ccc(N(CCC(=O)Nc2cc(Cl)ccc2OC)C(C)=O)cc1. The maximum absolute atomic E-state index is 12.3. The Morgan fingerprint density at radius 3 is 2.35 bits per heavy atom. The molecule has 2 rings (SSSR count). The lowest BCUT2D eigenvalue weighted by Crippen LogP contribution is -2.31. The summed E-state index contributed by atoms with van der Waals surface area (Å²) in [7, 11) is 3.09. The smallest absolute Gasteiger partial charge is 0.226 e. The van der Waals surface area contributed by atoms with Crippen LogP contribution in [-0.2, 0) is 9.59 Å². The number of anilines is 2. The minimum Gasteiger partial charge on any atom is -0.497 e. The van der Waals surface area contributed by atoms with Crippen molar-refractivity contribution in [2.75, 3.05) is 31.0 Å². The van der Waals surface area contributed by atoms with Crippen molar-refractivity contribution >= 4 is 34.8 Å². The van der Waals surface area contributed by atoms with Crippen molar-refractivity contribution in [1.82, 2.24) is 0 Å². The molecule has 138 valence electrons. The maximum Gasteiger partial charge on any atom is 0.226 e. The minimum absolute atomic E-state index is 0.126. The molecule has 0 bridgehead atoms. The van der Waals surface area contributed by atoms with Crippen LogP contribution in [0, 0.1) is 0 Å². The molecule has 0 heterocycles. The number of carbonyl (C=O) groups is 2. The number of amides is 2. The predicted octanol–water partition coefficient (Wildman–Crippen LogP) is 3.74. The second kappa shape index (κ2) is 9.10. The first-order valence-corrected chi connectivity index (χ1v) is 8.38. The van der Waals surface area contributed by atoms with Crippen LogP contribution in [0.3, 0.4) is 0 Å². The van der Waals surface area contributed by atoms with E-state index in [4.69, 9.17) is 21.1 Å². The van der Waals surface area contributed by atoms with E-state index in [0.29, 0.717) is 27.9 Å². The maximum atomic E-state index is 12.3. The van der Waals surface area contributed by atoms with Gasteiger partial charge in [0.25, 0.3) is 0 Å². The summed E-state index contributed by atoms with van der Waals surface area (Å²) in [5.74, 6) is 0.818. The van der Waals surface area contributed by atoms with Gasteiger partial charge in [-0.3, -0.25) is 9.59 Å². The Labute approximate surface area is 157 Å². The van der Waals surface area contributed by atoms with Crippen molar-refractivity contribution in [1.29, 1.82) is 0 Å². The molecule has 2 aromatic carbocycles. The number of hydrogen-bond acceptors (Lipinski definition) is 4. The highest BCUT2D eigenvalue weighted by Crippen LogP contribution is 2.28. The number of nitrogens with one attached hydrogen (secondary N) is 1. The fourth-order valence-electron chi connectivity index (χ4n) is 2.43. The monoisotopic (exact) mass is 376 g/mol. The van der Waals surface area contributed by atoms with Crippen molar-refractivity contribution in [2.24, 2.45) is 0 Å². The molecule has 2 aromatic rings. The lowest BCUT2D eigenvalue weighted by molar-refractivity contribution is -0.117. The average Bonchev–Trinajstić information content (AvgIpc) is 2.62. The van der Waals surface area contributed by atoms with E-state index in [2.05, 4.69) is 5.32 Å². The van der Waals surface area contributed by atoms with Gasteiger partial charge in [0.15, 0.2) is 0 Å². The Bertz CT molecular complexity index is 778. The molecule has 0 aromatic heterocycles. The Hall–Kier alpha value is -2.73. The van der Waals surface area contributed by atoms with Crippen molar-refractivity contribution in [3.63, 3.8) is 0 Å². The number of benzene rings is 2. The van der Waals surface area contributed by atoms with Crippen LogP contribution in [0.2, 0.25) is 5.02 Å². The fraction of sp³-hybridized carbons (Fsp3) is 0.263. The molecule has 0 aliphatic rings. The number of methoxy groups -OCH3 is 2. The van der Waals surface area contributed by atoms with Gasteiger partial charge >= 0.3 is 0 Å². The molecule has 0 aliphatic heterocycles. The van der Waals surface area contributed by atoms with E-state index in [1.54, 1.807) is 49.6 Å². The topological polar surface area (TPSA) is 67.9 Å². The molecule has 0 fully saturated rings. The number of rotatable bonds is 7. The average molecular weight is 377 g/mol. The van der Waals surface area contributed by atoms with Crippen molar-refractivity contribution < 1.29 is 19.1 Å². The van der Waals surface area contributed by atoms with E-state index in [-0.39, 0.29) is 24.8 Å². The molecule has 0 saturated carbocycles. The van der Waals surface area contributed by atoms with E-state index in [1.807, 2.05) is 0 Å². The summed E-state index contributed by atoms with van der Waals surface area (Å²) < 4.78 is 10.3. The van der Waals surface area contributed by atoms with Gasteiger partial charge in [0, 0.05) is 30.6 Å². The molecule has 0 spiro atoms. The molecule has 0 aliphatic carbocycles. The predicted molar refractivity (Wildman–Crippen MR) is 102 cm³/mol. The third kappa shape index (κ3) is 5.13. The van der Waals surface area contributed by atoms with E-state index >= 15 is 0 Å². The second-order valence-electron chi connectivity index (χ2n) is 5.51. The zero-order valence-electron chi connectivity index (χ0n) is 14.9. The first-order chi connectivity index (χ1) is 12.4. The summed E-state index contributed by atoms with van der Waals surface area (Å²) in [4.78, 5) is 25.8. The lowest BCUT2D eigenvalue weighted by atomic mass is 10.2. The zero-order chi connectivity index (χ0) is 19.1. The number of nitrogens with zero attached hydrogens (tertiary/aromatic N) is 1. The van der Waals surface area contributed by atoms with Crippen molar-refractivity contribution in [3.05, 3.63) is 47.5 Å². The van der Waals surface area contributed by atoms with Gasteiger partial charge in [0.1, 0.15) is 11.5 Å². The van der Waals surface area contributed by atoms with Gasteiger partial charge in [-0.05, 0) is 42.5 Å². The molecule has 0 radical (unpaired) electrons. The van der Waals surface area contributed by atoms with Crippen LogP contribution < -0.4 is 19.7 Å². The first-order valence-electron chi connectivity index (χ1n) is 8.00. The van der Waals surface area contributed by atoms with Crippen molar-refractivity contribution in [2.45, 2.75) is 13.3 Å². The number of ether oxygens (including phenoxy) is 2. The zero-order valence-corrected chi connectivity index (χ0v) is 15.7. The normalized spacial score (nSPS) is 10.2. The summed E-state index contributed by atoms with van der Waals surface area (Å²) in [6, 6.07) is 12.1. The summed E-state index contributed by atoms with van der Waals surface area (Å²) in [6.07, 6.45) is 0.126. The van der Waals surface area contributed by atoms with Crippen LogP contribution in [0.5, 0.6) is 11.5 Å². The Morgan fingerprint density at radius 1 is 1.08 bits per heavy atom. The Balaban J connectivity index is 2.03. The molecule has 0 saturated heterocycles. The molecule has 1 N–H and O–H groups in total. The Morgan fingerprint density at radius 2 is 1.77 bits per heavy atom. The molecule has 0 unspecified atom stereocenters. The second-order valence-corrected chi connectivity index (χ2v) is 5.95. The van der Waals surface area contributed by atoms with Crippen molar-refractivity contribution in [3.8, 4) is 11.5 Å². The molecule has 0 atom stereocenters. The Kier molecular flexibility index (Phi) is 6.86. The van der Waals surface area contributed by atoms with Crippen LogP contribution in [0.4, 0.5) is 11.4 Å². The van der Waals surface area contributed by atoms with Crippen LogP contribution in [0.25, 0.3) is 0 Å². The highest BCUT2D eigenvalue weighted by Gasteiger charge is 2.15. The van der Waals surface area contributed by atoms with Crippen LogP contribution in [-0.4, -0.2) is 32.6 Å². The summed E-state index contributed by atoms with van der Waals surface area (Å²) >= 11 is 5.96. The quantitative estimate of drug-likeness (QED) is 0.799. The van der Waals surface area contributed by atoms with Gasteiger partial charge in [-0.25, -0.2) is 0 Å². The number of halogens is 1. The minimum atomic E-state index is -0.245. The van der Waals surface area contributed by atoms with Crippen LogP contribution in [0.1, 0.15) is 13.3 Å². The van der Waals surface area contributed by atoms with Gasteiger partial charge in [-0.2, -0.15) is 0 Å². The largest absolute Gasteiger partial charge is 0.497 e. The molecule has 26 heavy (non-hydrogen) atoms. The van der Waals surface area contributed by atoms with Gasteiger partial charge in [0.05, 0.1) is 19.9 Å². The fourth-order valence-corrected chi connectivity index (χ4v) is 2.61. The molecule has 6 nitrogen and oxygen atoms in total. The van der Waals surface area contributed by atoms with Gasteiger partial charge in [-0.15, -0.1) is 0 Å². The number of hydrogen-bond donors (Lipinski definition) is 1. The van der Waals surface area contributed by atoms with Crippen LogP contribution >= 0.6 is 11.6 Å². The van der Waals surface area contributed by atoms with Gasteiger partial charge in [0.2, 0.25) is 11.8 Å². The summed E-state index contributed by atoms with van der Waals surface area (Å²) in [5.41, 5.74) is 1.19. The van der Waals surface area contributed by atoms with Crippen LogP contribution in [0.15, 0.2) is 42.5 Å². The van der Waals surface area contributed by atoms with E-state index in [1.165, 1.54) is 18.9 Å². The molecule has 2 amide bonds. The summed E-state index contributed by atoms with van der Waals surface area (Å²) in [5, 5.41) is 3.25.